The van der Waals surface area contributed by atoms with E-state index < -0.39 is 6.10 Å². The van der Waals surface area contributed by atoms with Gasteiger partial charge in [0.2, 0.25) is 0 Å². The van der Waals surface area contributed by atoms with Crippen LogP contribution in [0.1, 0.15) is 13.3 Å². The first-order chi connectivity index (χ1) is 6.61. The van der Waals surface area contributed by atoms with Gasteiger partial charge in [-0.25, -0.2) is 4.79 Å². The number of carbonyl (C=O) groups is 1. The minimum Gasteiger partial charge on any atom is -0.464 e. The van der Waals surface area contributed by atoms with Crippen LogP contribution in [0.5, 0.6) is 0 Å². The van der Waals surface area contributed by atoms with Gasteiger partial charge in [0.25, 0.3) is 0 Å². The highest BCUT2D eigenvalue weighted by molar-refractivity contribution is 9.11. The Bertz CT molecular complexity index is 196. The minimum absolute atomic E-state index is 0.278. The molecule has 0 aromatic carbocycles. The molecular formula is C9H14BrClO3. The number of hydrogen-bond donors (Lipinski definition) is 0. The largest absolute Gasteiger partial charge is 0.464 e. The van der Waals surface area contributed by atoms with Crippen molar-refractivity contribution in [1.29, 1.82) is 0 Å². The smallest absolute Gasteiger partial charge is 0.335 e. The summed E-state index contributed by atoms with van der Waals surface area (Å²) < 4.78 is 10.8. The summed E-state index contributed by atoms with van der Waals surface area (Å²) in [7, 11) is 0. The first-order valence-corrected chi connectivity index (χ1v) is 5.62. The summed E-state index contributed by atoms with van der Waals surface area (Å²) >= 11 is 8.67. The fourth-order valence-electron chi connectivity index (χ4n) is 0.795. The van der Waals surface area contributed by atoms with E-state index in [9.17, 15) is 4.79 Å². The van der Waals surface area contributed by atoms with E-state index in [4.69, 9.17) is 21.1 Å². The van der Waals surface area contributed by atoms with Crippen molar-refractivity contribution in [2.75, 3.05) is 19.1 Å². The van der Waals surface area contributed by atoms with E-state index in [-0.39, 0.29) is 12.6 Å². The number of carbonyl (C=O) groups excluding carboxylic acids is 1. The predicted octanol–water partition coefficient (Wildman–Crippen LogP) is 2.47. The number of rotatable bonds is 7. The van der Waals surface area contributed by atoms with Gasteiger partial charge in [0.15, 0.2) is 6.10 Å². The van der Waals surface area contributed by atoms with Gasteiger partial charge in [0, 0.05) is 10.4 Å². The fraction of sp³-hybridized carbons (Fsp3) is 0.667. The van der Waals surface area contributed by atoms with E-state index in [2.05, 4.69) is 22.5 Å². The normalized spacial score (nSPS) is 12.2. The van der Waals surface area contributed by atoms with E-state index >= 15 is 0 Å². The molecule has 0 aliphatic rings. The van der Waals surface area contributed by atoms with Crippen molar-refractivity contribution in [1.82, 2.24) is 0 Å². The van der Waals surface area contributed by atoms with Crippen LogP contribution in [0.25, 0.3) is 0 Å². The summed E-state index contributed by atoms with van der Waals surface area (Å²) in [6, 6.07) is 0. The molecule has 0 N–H and O–H groups in total. The summed E-state index contributed by atoms with van der Waals surface area (Å²) in [6.07, 6.45) is -0.150. The molecule has 3 nitrogen and oxygen atoms in total. The van der Waals surface area contributed by atoms with E-state index in [0.717, 1.165) is 0 Å². The zero-order valence-corrected chi connectivity index (χ0v) is 10.4. The molecule has 14 heavy (non-hydrogen) atoms. The van der Waals surface area contributed by atoms with Gasteiger partial charge in [-0.2, -0.15) is 0 Å². The van der Waals surface area contributed by atoms with Crippen LogP contribution < -0.4 is 0 Å². The van der Waals surface area contributed by atoms with Gasteiger partial charge < -0.3 is 9.47 Å². The Balaban J connectivity index is 3.99. The Morgan fingerprint density at radius 2 is 2.29 bits per heavy atom. The summed E-state index contributed by atoms with van der Waals surface area (Å²) in [5.74, 6) is -0.0139. The Morgan fingerprint density at radius 3 is 2.71 bits per heavy atom. The third-order valence-corrected chi connectivity index (χ3v) is 1.81. The maximum Gasteiger partial charge on any atom is 0.335 e. The molecule has 5 heteroatoms. The van der Waals surface area contributed by atoms with Gasteiger partial charge in [0.05, 0.1) is 13.2 Å². The Morgan fingerprint density at radius 1 is 1.64 bits per heavy atom. The van der Waals surface area contributed by atoms with Gasteiger partial charge in [-0.3, -0.25) is 0 Å². The molecule has 0 fully saturated rings. The van der Waals surface area contributed by atoms with Crippen molar-refractivity contribution >= 4 is 33.5 Å². The third-order valence-electron chi connectivity index (χ3n) is 1.36. The van der Waals surface area contributed by atoms with Crippen molar-refractivity contribution in [3.05, 3.63) is 11.1 Å². The molecule has 0 aliphatic heterocycles. The minimum atomic E-state index is -0.596. The van der Waals surface area contributed by atoms with Crippen molar-refractivity contribution in [2.45, 2.75) is 19.4 Å². The molecule has 82 valence electrons. The lowest BCUT2D eigenvalue weighted by Crippen LogP contribution is -2.27. The number of halogens is 2. The van der Waals surface area contributed by atoms with Crippen LogP contribution in [0.3, 0.4) is 0 Å². The van der Waals surface area contributed by atoms with Crippen LogP contribution in [0.2, 0.25) is 0 Å². The summed E-state index contributed by atoms with van der Waals surface area (Å²) in [5, 5.41) is 0. The number of esters is 1. The topological polar surface area (TPSA) is 35.5 Å². The zero-order valence-electron chi connectivity index (χ0n) is 8.09. The lowest BCUT2D eigenvalue weighted by atomic mass is 10.3. The molecule has 0 rings (SSSR count). The molecule has 0 aromatic heterocycles. The average molecular weight is 286 g/mol. The second-order valence-corrected chi connectivity index (χ2v) is 4.05. The third kappa shape index (κ3) is 6.40. The van der Waals surface area contributed by atoms with Crippen LogP contribution in [-0.4, -0.2) is 31.2 Å². The predicted molar refractivity (Wildman–Crippen MR) is 59.8 cm³/mol. The molecule has 0 saturated carbocycles. The standard InChI is InChI=1S/C9H14BrClO3/c1-3-13-9(12)8(4-5-11)14-6-7(2)10/h8H,2-6H2,1H3. The van der Waals surface area contributed by atoms with Crippen LogP contribution in [-0.2, 0) is 14.3 Å². The Labute approximate surface area is 97.5 Å². The summed E-state index contributed by atoms with van der Waals surface area (Å²) in [6.45, 7) is 5.97. The molecule has 1 atom stereocenters. The van der Waals surface area contributed by atoms with Crippen LogP contribution >= 0.6 is 27.5 Å². The fourth-order valence-corrected chi connectivity index (χ4v) is 1.12. The first-order valence-electron chi connectivity index (χ1n) is 4.29. The highest BCUT2D eigenvalue weighted by Gasteiger charge is 2.19. The van der Waals surface area contributed by atoms with Crippen LogP contribution in [0, 0.1) is 0 Å². The number of hydrogen-bond acceptors (Lipinski definition) is 3. The maximum absolute atomic E-state index is 11.3. The second kappa shape index (κ2) is 8.26. The molecule has 0 aliphatic carbocycles. The van der Waals surface area contributed by atoms with Gasteiger partial charge in [-0.05, 0) is 13.3 Å². The van der Waals surface area contributed by atoms with Crippen molar-refractivity contribution in [2.24, 2.45) is 0 Å². The van der Waals surface area contributed by atoms with Gasteiger partial charge in [0.1, 0.15) is 0 Å². The van der Waals surface area contributed by atoms with Gasteiger partial charge in [-0.1, -0.05) is 22.5 Å². The monoisotopic (exact) mass is 284 g/mol. The summed E-state index contributed by atoms with van der Waals surface area (Å²) in [4.78, 5) is 11.3. The molecule has 0 radical (unpaired) electrons. The second-order valence-electron chi connectivity index (χ2n) is 2.55. The number of ether oxygens (including phenoxy) is 2. The lowest BCUT2D eigenvalue weighted by Gasteiger charge is -2.14. The van der Waals surface area contributed by atoms with Gasteiger partial charge >= 0.3 is 5.97 Å². The summed E-state index contributed by atoms with van der Waals surface area (Å²) in [5.41, 5.74) is 0. The average Bonchev–Trinajstić information content (AvgIpc) is 2.12. The highest BCUT2D eigenvalue weighted by atomic mass is 79.9. The van der Waals surface area contributed by atoms with Crippen LogP contribution in [0.4, 0.5) is 0 Å². The highest BCUT2D eigenvalue weighted by Crippen LogP contribution is 2.08. The lowest BCUT2D eigenvalue weighted by molar-refractivity contribution is -0.156. The molecule has 0 amide bonds. The van der Waals surface area contributed by atoms with E-state index in [1.54, 1.807) is 6.92 Å². The molecule has 0 bridgehead atoms. The maximum atomic E-state index is 11.3. The Kier molecular flexibility index (Phi) is 8.23. The van der Waals surface area contributed by atoms with E-state index in [1.807, 2.05) is 0 Å². The number of alkyl halides is 1. The zero-order chi connectivity index (χ0) is 11.0. The van der Waals surface area contributed by atoms with E-state index in [1.165, 1.54) is 0 Å². The van der Waals surface area contributed by atoms with E-state index in [0.29, 0.717) is 23.4 Å². The molecule has 0 aromatic rings. The SMILES string of the molecule is C=C(Br)COC(CCCl)C(=O)OCC. The molecule has 1 unspecified atom stereocenters. The molecule has 0 spiro atoms. The Hall–Kier alpha value is -0.0600. The molecule has 0 heterocycles. The van der Waals surface area contributed by atoms with Crippen molar-refractivity contribution < 1.29 is 14.3 Å². The first kappa shape index (κ1) is 13.9. The quantitative estimate of drug-likeness (QED) is 0.532. The molecular weight excluding hydrogens is 271 g/mol. The van der Waals surface area contributed by atoms with Crippen molar-refractivity contribution in [3.8, 4) is 0 Å². The van der Waals surface area contributed by atoms with Gasteiger partial charge in [-0.15, -0.1) is 11.6 Å². The van der Waals surface area contributed by atoms with Crippen LogP contribution in [0.15, 0.2) is 11.1 Å². The van der Waals surface area contributed by atoms with Crippen molar-refractivity contribution in [3.63, 3.8) is 0 Å². The molecule has 0 saturated heterocycles.